The average Bonchev–Trinajstić information content (AvgIpc) is 2.10. The van der Waals surface area contributed by atoms with Gasteiger partial charge in [0.05, 0.1) is 12.7 Å². The molecule has 3 N–H and O–H groups in total. The van der Waals surface area contributed by atoms with Crippen molar-refractivity contribution in [2.24, 2.45) is 0 Å². The maximum absolute atomic E-state index is 10.9. The molecule has 4 nitrogen and oxygen atoms in total. The van der Waals surface area contributed by atoms with E-state index in [4.69, 9.17) is 10.2 Å². The zero-order valence-electron chi connectivity index (χ0n) is 6.56. The monoisotopic (exact) mass is 211 g/mol. The number of hydrogen-bond acceptors (Lipinski definition) is 5. The zero-order chi connectivity index (χ0) is 9.40. The van der Waals surface area contributed by atoms with E-state index in [1.807, 2.05) is 0 Å². The van der Waals surface area contributed by atoms with E-state index in [9.17, 15) is 4.79 Å². The summed E-state index contributed by atoms with van der Waals surface area (Å²) in [5, 5.41) is 19.7. The van der Waals surface area contributed by atoms with Crippen molar-refractivity contribution in [2.75, 3.05) is 18.9 Å². The van der Waals surface area contributed by atoms with Gasteiger partial charge in [0.1, 0.15) is 0 Å². The molecule has 6 heteroatoms. The number of nitrogens with one attached hydrogen (secondary N) is 1. The van der Waals surface area contributed by atoms with Gasteiger partial charge in [0.2, 0.25) is 5.91 Å². The van der Waals surface area contributed by atoms with E-state index >= 15 is 0 Å². The van der Waals surface area contributed by atoms with Gasteiger partial charge in [0.15, 0.2) is 0 Å². The minimum atomic E-state index is -0.863. The first-order valence-electron chi connectivity index (χ1n) is 3.52. The van der Waals surface area contributed by atoms with Gasteiger partial charge in [0.25, 0.3) is 0 Å². The highest BCUT2D eigenvalue weighted by Gasteiger charge is 2.04. The second-order valence-corrected chi connectivity index (χ2v) is 3.66. The molecule has 1 unspecified atom stereocenters. The lowest BCUT2D eigenvalue weighted by Gasteiger charge is -2.07. The summed E-state index contributed by atoms with van der Waals surface area (Å²) in [4.78, 5) is 10.9. The Morgan fingerprint density at radius 1 is 1.67 bits per heavy atom. The molecule has 0 aliphatic carbocycles. The molecule has 0 aliphatic heterocycles. The number of aliphatic hydroxyl groups excluding tert-OH is 2. The SMILES string of the molecule is O=C(CCSS)NCC(O)CO. The molecule has 0 aromatic heterocycles. The van der Waals surface area contributed by atoms with E-state index in [0.717, 1.165) is 0 Å². The highest BCUT2D eigenvalue weighted by atomic mass is 33.1. The molecular weight excluding hydrogens is 198 g/mol. The predicted molar refractivity (Wildman–Crippen MR) is 52.2 cm³/mol. The van der Waals surface area contributed by atoms with Crippen molar-refractivity contribution < 1.29 is 15.0 Å². The van der Waals surface area contributed by atoms with Crippen LogP contribution in [0.15, 0.2) is 0 Å². The molecule has 0 bridgehead atoms. The number of carbonyl (C=O) groups is 1. The number of hydrogen-bond donors (Lipinski definition) is 4. The Kier molecular flexibility index (Phi) is 7.78. The zero-order valence-corrected chi connectivity index (χ0v) is 8.27. The van der Waals surface area contributed by atoms with Crippen LogP contribution in [0, 0.1) is 0 Å². The number of thiol groups is 1. The highest BCUT2D eigenvalue weighted by Crippen LogP contribution is 2.05. The van der Waals surface area contributed by atoms with Gasteiger partial charge in [-0.05, 0) is 0 Å². The van der Waals surface area contributed by atoms with Gasteiger partial charge < -0.3 is 15.5 Å². The molecular formula is C6H13NO3S2. The second kappa shape index (κ2) is 7.72. The summed E-state index contributed by atoms with van der Waals surface area (Å²) in [6.07, 6.45) is -0.482. The van der Waals surface area contributed by atoms with Crippen molar-refractivity contribution in [3.63, 3.8) is 0 Å². The maximum atomic E-state index is 10.9. The molecule has 1 amide bonds. The first-order chi connectivity index (χ1) is 5.70. The van der Waals surface area contributed by atoms with Crippen LogP contribution in [-0.2, 0) is 4.79 Å². The van der Waals surface area contributed by atoms with E-state index in [2.05, 4.69) is 17.0 Å². The van der Waals surface area contributed by atoms with Crippen LogP contribution in [0.2, 0.25) is 0 Å². The molecule has 0 radical (unpaired) electrons. The smallest absolute Gasteiger partial charge is 0.220 e. The summed E-state index contributed by atoms with van der Waals surface area (Å²) >= 11 is 3.87. The van der Waals surface area contributed by atoms with Crippen LogP contribution in [0.25, 0.3) is 0 Å². The van der Waals surface area contributed by atoms with Crippen LogP contribution in [0.5, 0.6) is 0 Å². The Morgan fingerprint density at radius 3 is 2.83 bits per heavy atom. The van der Waals surface area contributed by atoms with Crippen molar-refractivity contribution in [3.8, 4) is 0 Å². The molecule has 72 valence electrons. The number of aliphatic hydroxyl groups is 2. The Morgan fingerprint density at radius 2 is 2.33 bits per heavy atom. The van der Waals surface area contributed by atoms with Crippen LogP contribution in [0.1, 0.15) is 6.42 Å². The first-order valence-corrected chi connectivity index (χ1v) is 5.56. The fourth-order valence-corrected chi connectivity index (χ4v) is 1.07. The van der Waals surface area contributed by atoms with E-state index < -0.39 is 6.10 Å². The topological polar surface area (TPSA) is 69.6 Å². The van der Waals surface area contributed by atoms with Crippen molar-refractivity contribution in [1.82, 2.24) is 5.32 Å². The molecule has 0 aliphatic rings. The summed E-state index contributed by atoms with van der Waals surface area (Å²) in [5.41, 5.74) is 0. The predicted octanol–water partition coefficient (Wildman–Crippen LogP) is -0.576. The Hall–Kier alpha value is 0.0900. The van der Waals surface area contributed by atoms with E-state index in [1.165, 1.54) is 10.8 Å². The van der Waals surface area contributed by atoms with Crippen molar-refractivity contribution in [2.45, 2.75) is 12.5 Å². The Balaban J connectivity index is 3.31. The fraction of sp³-hybridized carbons (Fsp3) is 0.833. The lowest BCUT2D eigenvalue weighted by molar-refractivity contribution is -0.121. The van der Waals surface area contributed by atoms with Crippen molar-refractivity contribution in [1.29, 1.82) is 0 Å². The maximum Gasteiger partial charge on any atom is 0.220 e. The molecule has 0 saturated heterocycles. The summed E-state index contributed by atoms with van der Waals surface area (Å²) in [7, 11) is 1.29. The van der Waals surface area contributed by atoms with Gasteiger partial charge in [-0.15, -0.1) is 11.7 Å². The molecule has 0 heterocycles. The summed E-state index contributed by atoms with van der Waals surface area (Å²) < 4.78 is 0. The third-order valence-electron chi connectivity index (χ3n) is 1.17. The van der Waals surface area contributed by atoms with Crippen LogP contribution in [0.3, 0.4) is 0 Å². The van der Waals surface area contributed by atoms with E-state index in [1.54, 1.807) is 0 Å². The lowest BCUT2D eigenvalue weighted by Crippen LogP contribution is -2.33. The molecule has 0 rings (SSSR count). The quantitative estimate of drug-likeness (QED) is 0.351. The Labute approximate surface area is 80.5 Å². The molecule has 0 saturated carbocycles. The molecule has 12 heavy (non-hydrogen) atoms. The largest absolute Gasteiger partial charge is 0.394 e. The van der Waals surface area contributed by atoms with Crippen LogP contribution < -0.4 is 5.32 Å². The van der Waals surface area contributed by atoms with Crippen LogP contribution >= 0.6 is 22.5 Å². The van der Waals surface area contributed by atoms with Gasteiger partial charge >= 0.3 is 0 Å². The third kappa shape index (κ3) is 6.78. The Bertz CT molecular complexity index is 134. The number of amides is 1. The molecule has 0 aromatic carbocycles. The minimum Gasteiger partial charge on any atom is -0.394 e. The van der Waals surface area contributed by atoms with Gasteiger partial charge in [-0.1, -0.05) is 10.8 Å². The highest BCUT2D eigenvalue weighted by molar-refractivity contribution is 8.68. The van der Waals surface area contributed by atoms with Crippen molar-refractivity contribution >= 4 is 28.4 Å². The summed E-state index contributed by atoms with van der Waals surface area (Å²) in [5.74, 6) is 0.508. The van der Waals surface area contributed by atoms with Gasteiger partial charge in [-0.25, -0.2) is 0 Å². The van der Waals surface area contributed by atoms with Gasteiger partial charge in [0, 0.05) is 18.7 Å². The third-order valence-corrected chi connectivity index (χ3v) is 2.10. The fourth-order valence-electron chi connectivity index (χ4n) is 0.523. The number of carbonyl (C=O) groups excluding carboxylic acids is 1. The average molecular weight is 211 g/mol. The van der Waals surface area contributed by atoms with E-state index in [-0.39, 0.29) is 19.1 Å². The van der Waals surface area contributed by atoms with Gasteiger partial charge in [-0.2, -0.15) is 0 Å². The van der Waals surface area contributed by atoms with Gasteiger partial charge in [-0.3, -0.25) is 4.79 Å². The van der Waals surface area contributed by atoms with E-state index in [0.29, 0.717) is 12.2 Å². The molecule has 0 aromatic rings. The second-order valence-electron chi connectivity index (χ2n) is 2.22. The first kappa shape index (κ1) is 12.1. The normalized spacial score (nSPS) is 12.6. The minimum absolute atomic E-state index is 0.104. The standard InChI is InChI=1S/C6H13NO3S2/c8-4-5(9)3-7-6(10)1-2-12-11/h5,8-9,11H,1-4H2,(H,7,10). The summed E-state index contributed by atoms with van der Waals surface area (Å²) in [6.45, 7) is -0.228. The molecule has 0 spiro atoms. The van der Waals surface area contributed by atoms with Crippen LogP contribution in [-0.4, -0.2) is 41.1 Å². The number of rotatable bonds is 6. The molecule has 0 fully saturated rings. The van der Waals surface area contributed by atoms with Crippen LogP contribution in [0.4, 0.5) is 0 Å². The molecule has 1 atom stereocenters. The lowest BCUT2D eigenvalue weighted by atomic mass is 10.3. The summed E-state index contributed by atoms with van der Waals surface area (Å²) in [6, 6.07) is 0. The van der Waals surface area contributed by atoms with Crippen molar-refractivity contribution in [3.05, 3.63) is 0 Å².